The summed E-state index contributed by atoms with van der Waals surface area (Å²) in [5, 5.41) is 4.93. The molecule has 102 valence electrons. The van der Waals surface area contributed by atoms with E-state index in [1.807, 2.05) is 48.7 Å². The van der Waals surface area contributed by atoms with Crippen LogP contribution in [-0.4, -0.2) is 11.5 Å². The lowest BCUT2D eigenvalue weighted by atomic mass is 10.2. The minimum Gasteiger partial charge on any atom is -0.444 e. The average molecular weight is 287 g/mol. The first-order valence-electron chi connectivity index (χ1n) is 6.61. The molecule has 1 aromatic carbocycles. The lowest BCUT2D eigenvalue weighted by Crippen LogP contribution is -2.17. The van der Waals surface area contributed by atoms with Crippen LogP contribution < -0.4 is 5.32 Å². The lowest BCUT2D eigenvalue weighted by molar-refractivity contribution is 0.604. The van der Waals surface area contributed by atoms with Gasteiger partial charge in [-0.1, -0.05) is 24.3 Å². The van der Waals surface area contributed by atoms with Gasteiger partial charge in [0.1, 0.15) is 5.58 Å². The number of hydrogen-bond donors (Lipinski definition) is 1. The molecule has 0 unspecified atom stereocenters. The monoisotopic (exact) mass is 286 g/mol. The second kappa shape index (κ2) is 6.07. The molecule has 1 N–H and O–H groups in total. The highest BCUT2D eigenvalue weighted by Gasteiger charge is 2.11. The van der Waals surface area contributed by atoms with E-state index in [1.165, 1.54) is 0 Å². The topological polar surface area (TPSA) is 38.1 Å². The maximum absolute atomic E-state index is 6.14. The Morgan fingerprint density at radius 2 is 1.95 bits per heavy atom. The first kappa shape index (κ1) is 13.2. The summed E-state index contributed by atoms with van der Waals surface area (Å²) in [6.45, 7) is 1.55. The van der Waals surface area contributed by atoms with Crippen molar-refractivity contribution in [3.8, 4) is 0 Å². The minimum absolute atomic E-state index is 0.469. The van der Waals surface area contributed by atoms with Crippen molar-refractivity contribution in [3.05, 3.63) is 65.1 Å². The molecule has 0 aliphatic carbocycles. The molecule has 0 saturated carbocycles. The number of para-hydroxylation sites is 1. The van der Waals surface area contributed by atoms with Gasteiger partial charge in [0.05, 0.1) is 0 Å². The fraction of sp³-hybridized carbons (Fsp3) is 0.188. The normalized spacial score (nSPS) is 11.1. The Bertz CT molecular complexity index is 694. The molecule has 4 heteroatoms. The number of rotatable bonds is 5. The van der Waals surface area contributed by atoms with Crippen molar-refractivity contribution in [2.75, 3.05) is 6.54 Å². The molecular weight excluding hydrogens is 272 g/mol. The number of nitrogens with zero attached hydrogens (tertiary/aromatic N) is 1. The lowest BCUT2D eigenvalue weighted by Gasteiger charge is -2.03. The van der Waals surface area contributed by atoms with Crippen LogP contribution >= 0.6 is 11.6 Å². The van der Waals surface area contributed by atoms with E-state index < -0.39 is 0 Å². The third-order valence-corrected chi connectivity index (χ3v) is 3.54. The van der Waals surface area contributed by atoms with E-state index in [0.29, 0.717) is 11.8 Å². The van der Waals surface area contributed by atoms with E-state index in [-0.39, 0.29) is 0 Å². The molecule has 20 heavy (non-hydrogen) atoms. The van der Waals surface area contributed by atoms with E-state index >= 15 is 0 Å². The quantitative estimate of drug-likeness (QED) is 0.725. The van der Waals surface area contributed by atoms with Gasteiger partial charge in [0, 0.05) is 42.4 Å². The van der Waals surface area contributed by atoms with Crippen LogP contribution in [0.5, 0.6) is 0 Å². The Labute approximate surface area is 122 Å². The third-order valence-electron chi connectivity index (χ3n) is 3.23. The molecule has 0 spiro atoms. The summed E-state index contributed by atoms with van der Waals surface area (Å²) in [4.78, 5) is 4.30. The molecule has 0 radical (unpaired) electrons. The molecule has 0 bridgehead atoms. The average Bonchev–Trinajstić information content (AvgIpc) is 2.80. The van der Waals surface area contributed by atoms with E-state index in [4.69, 9.17) is 16.0 Å². The number of pyridine rings is 1. The van der Waals surface area contributed by atoms with Crippen molar-refractivity contribution in [2.24, 2.45) is 0 Å². The molecule has 0 aliphatic heterocycles. The Morgan fingerprint density at radius 3 is 2.80 bits per heavy atom. The molecule has 2 heterocycles. The summed E-state index contributed by atoms with van der Waals surface area (Å²) in [5.74, 6) is 0. The first-order valence-corrected chi connectivity index (χ1v) is 6.99. The van der Waals surface area contributed by atoms with Crippen molar-refractivity contribution < 1.29 is 4.42 Å². The molecule has 0 aliphatic rings. The number of benzene rings is 1. The summed E-state index contributed by atoms with van der Waals surface area (Å²) < 4.78 is 5.53. The molecule has 2 aromatic heterocycles. The van der Waals surface area contributed by atoms with Crippen LogP contribution in [0.4, 0.5) is 0 Å². The number of hydrogen-bond acceptors (Lipinski definition) is 3. The highest BCUT2D eigenvalue weighted by Crippen LogP contribution is 2.29. The molecule has 3 aromatic rings. The first-order chi connectivity index (χ1) is 9.84. The van der Waals surface area contributed by atoms with Crippen LogP contribution in [0.1, 0.15) is 11.3 Å². The van der Waals surface area contributed by atoms with Gasteiger partial charge in [0.2, 0.25) is 0 Å². The molecule has 3 rings (SSSR count). The third kappa shape index (κ3) is 2.84. The smallest absolute Gasteiger partial charge is 0.199 e. The van der Waals surface area contributed by atoms with Gasteiger partial charge in [0.15, 0.2) is 5.22 Å². The summed E-state index contributed by atoms with van der Waals surface area (Å²) in [7, 11) is 0. The molecule has 0 atom stereocenters. The van der Waals surface area contributed by atoms with Gasteiger partial charge < -0.3 is 9.73 Å². The summed E-state index contributed by atoms with van der Waals surface area (Å²) in [6, 6.07) is 13.9. The second-order valence-electron chi connectivity index (χ2n) is 4.60. The van der Waals surface area contributed by atoms with Crippen molar-refractivity contribution in [1.82, 2.24) is 10.3 Å². The largest absolute Gasteiger partial charge is 0.444 e. The molecule has 0 saturated heterocycles. The van der Waals surface area contributed by atoms with Crippen LogP contribution in [0.2, 0.25) is 5.22 Å². The summed E-state index contributed by atoms with van der Waals surface area (Å²) in [5.41, 5.74) is 2.94. The Balaban J connectivity index is 1.61. The second-order valence-corrected chi connectivity index (χ2v) is 4.94. The zero-order chi connectivity index (χ0) is 13.8. The number of fused-ring (bicyclic) bond motifs is 1. The van der Waals surface area contributed by atoms with E-state index in [2.05, 4.69) is 10.3 Å². The predicted octanol–water partition coefficient (Wildman–Crippen LogP) is 3.81. The van der Waals surface area contributed by atoms with Crippen molar-refractivity contribution in [3.63, 3.8) is 0 Å². The zero-order valence-electron chi connectivity index (χ0n) is 11.0. The number of nitrogens with one attached hydrogen (secondary N) is 1. The van der Waals surface area contributed by atoms with E-state index in [1.54, 1.807) is 0 Å². The maximum Gasteiger partial charge on any atom is 0.199 e. The van der Waals surface area contributed by atoms with Gasteiger partial charge in [-0.05, 0) is 29.8 Å². The standard InChI is InChI=1S/C16H15ClN2O/c17-16-14(13-6-1-2-7-15(13)20-16)11-18-10-8-12-5-3-4-9-19-12/h1-7,9,18H,8,10-11H2. The molecule has 3 nitrogen and oxygen atoms in total. The Hall–Kier alpha value is -1.84. The van der Waals surface area contributed by atoms with Crippen LogP contribution in [0.3, 0.4) is 0 Å². The summed E-state index contributed by atoms with van der Waals surface area (Å²) in [6.07, 6.45) is 2.71. The number of halogens is 1. The van der Waals surface area contributed by atoms with Crippen molar-refractivity contribution in [1.29, 1.82) is 0 Å². The van der Waals surface area contributed by atoms with Gasteiger partial charge in [-0.3, -0.25) is 4.98 Å². The van der Waals surface area contributed by atoms with Crippen LogP contribution in [0.25, 0.3) is 11.0 Å². The van der Waals surface area contributed by atoms with E-state index in [9.17, 15) is 0 Å². The Morgan fingerprint density at radius 1 is 1.10 bits per heavy atom. The fourth-order valence-electron chi connectivity index (χ4n) is 2.21. The van der Waals surface area contributed by atoms with E-state index in [0.717, 1.165) is 35.2 Å². The highest BCUT2D eigenvalue weighted by atomic mass is 35.5. The van der Waals surface area contributed by atoms with Crippen LogP contribution in [0.15, 0.2) is 53.1 Å². The van der Waals surface area contributed by atoms with Gasteiger partial charge in [-0.2, -0.15) is 0 Å². The molecular formula is C16H15ClN2O. The summed E-state index contributed by atoms with van der Waals surface area (Å²) >= 11 is 6.14. The Kier molecular flexibility index (Phi) is 4.00. The molecule has 0 fully saturated rings. The zero-order valence-corrected chi connectivity index (χ0v) is 11.7. The minimum atomic E-state index is 0.469. The number of furan rings is 1. The van der Waals surface area contributed by atoms with Crippen LogP contribution in [0, 0.1) is 0 Å². The van der Waals surface area contributed by atoms with Gasteiger partial charge in [0.25, 0.3) is 0 Å². The van der Waals surface area contributed by atoms with Gasteiger partial charge >= 0.3 is 0 Å². The number of aromatic nitrogens is 1. The fourth-order valence-corrected chi connectivity index (χ4v) is 2.46. The highest BCUT2D eigenvalue weighted by molar-refractivity contribution is 6.30. The maximum atomic E-state index is 6.14. The molecule has 0 amide bonds. The van der Waals surface area contributed by atoms with Gasteiger partial charge in [-0.15, -0.1) is 0 Å². The van der Waals surface area contributed by atoms with Gasteiger partial charge in [-0.25, -0.2) is 0 Å². The van der Waals surface area contributed by atoms with Crippen molar-refractivity contribution in [2.45, 2.75) is 13.0 Å². The SMILES string of the molecule is Clc1oc2ccccc2c1CNCCc1ccccn1. The van der Waals surface area contributed by atoms with Crippen LogP contribution in [-0.2, 0) is 13.0 Å². The van der Waals surface area contributed by atoms with Crippen molar-refractivity contribution >= 4 is 22.6 Å². The predicted molar refractivity (Wildman–Crippen MR) is 80.9 cm³/mol.